The average Bonchev–Trinajstić information content (AvgIpc) is 3.46. The molecule has 12 heteroatoms. The number of para-hydroxylation sites is 1. The van der Waals surface area contributed by atoms with E-state index in [9.17, 15) is 18.0 Å². The summed E-state index contributed by atoms with van der Waals surface area (Å²) in [6, 6.07) is 18.9. The average molecular weight is 536 g/mol. The molecule has 1 heterocycles. The summed E-state index contributed by atoms with van der Waals surface area (Å²) in [5.74, 6) is -0.524. The van der Waals surface area contributed by atoms with Gasteiger partial charge in [-0.15, -0.1) is 5.10 Å². The zero-order valence-electron chi connectivity index (χ0n) is 20.2. The van der Waals surface area contributed by atoms with Crippen LogP contribution in [0.15, 0.2) is 82.6 Å². The van der Waals surface area contributed by atoms with Crippen LogP contribution in [0.5, 0.6) is 5.75 Å². The summed E-state index contributed by atoms with van der Waals surface area (Å²) >= 11 is 0. The lowest BCUT2D eigenvalue weighted by Gasteiger charge is -2.14. The number of tetrazole rings is 1. The van der Waals surface area contributed by atoms with Crippen molar-refractivity contribution in [3.63, 3.8) is 0 Å². The van der Waals surface area contributed by atoms with Crippen molar-refractivity contribution in [1.82, 2.24) is 20.6 Å². The molecule has 0 bridgehead atoms. The summed E-state index contributed by atoms with van der Waals surface area (Å²) in [5, 5.41) is 24.8. The molecule has 0 unspecified atom stereocenters. The molecule has 3 N–H and O–H groups in total. The number of carbonyl (C=O) groups is 2. The molecule has 1 amide bonds. The number of H-pyrrole nitrogens is 1. The van der Waals surface area contributed by atoms with Gasteiger partial charge in [-0.1, -0.05) is 24.3 Å². The molecule has 3 aromatic carbocycles. The monoisotopic (exact) mass is 535 g/mol. The second-order valence-corrected chi connectivity index (χ2v) is 10.2. The smallest absolute Gasteiger partial charge is 0.303 e. The van der Waals surface area contributed by atoms with E-state index in [4.69, 9.17) is 9.84 Å². The Morgan fingerprint density at radius 3 is 2.32 bits per heavy atom. The van der Waals surface area contributed by atoms with Crippen molar-refractivity contribution in [3.8, 4) is 17.1 Å². The summed E-state index contributed by atoms with van der Waals surface area (Å²) in [4.78, 5) is 23.4. The first-order valence-electron chi connectivity index (χ1n) is 11.8. The van der Waals surface area contributed by atoms with Crippen LogP contribution in [0.2, 0.25) is 0 Å². The zero-order chi connectivity index (χ0) is 27.0. The molecule has 0 spiro atoms. The van der Waals surface area contributed by atoms with Crippen LogP contribution < -0.4 is 10.1 Å². The molecule has 0 saturated heterocycles. The number of aromatic nitrogens is 4. The Bertz CT molecular complexity index is 1510. The summed E-state index contributed by atoms with van der Waals surface area (Å²) < 4.78 is 33.0. The number of aromatic amines is 1. The highest BCUT2D eigenvalue weighted by Gasteiger charge is 2.26. The molecule has 0 aliphatic rings. The van der Waals surface area contributed by atoms with Gasteiger partial charge < -0.3 is 15.2 Å². The van der Waals surface area contributed by atoms with Crippen molar-refractivity contribution in [1.29, 1.82) is 0 Å². The largest absolute Gasteiger partial charge is 0.494 e. The highest BCUT2D eigenvalue weighted by atomic mass is 32.2. The molecule has 0 fully saturated rings. The van der Waals surface area contributed by atoms with Gasteiger partial charge in [0.1, 0.15) is 5.75 Å². The van der Waals surface area contributed by atoms with Crippen LogP contribution in [0.3, 0.4) is 0 Å². The first-order chi connectivity index (χ1) is 18.4. The number of rotatable bonds is 12. The SMILES string of the molecule is O=C(O)CCCCCOc1ccc(C(=O)Nc2ccccc2S(=O)(=O)c2ccccc2-c2nnn[nH]2)cc1. The van der Waals surface area contributed by atoms with Gasteiger partial charge >= 0.3 is 5.97 Å². The Morgan fingerprint density at radius 2 is 1.61 bits per heavy atom. The Labute approximate surface area is 218 Å². The Morgan fingerprint density at radius 1 is 0.895 bits per heavy atom. The quantitative estimate of drug-likeness (QED) is 0.228. The van der Waals surface area contributed by atoms with Crippen LogP contribution in [0.4, 0.5) is 5.69 Å². The third-order valence-corrected chi connectivity index (χ3v) is 7.49. The van der Waals surface area contributed by atoms with E-state index in [-0.39, 0.29) is 27.7 Å². The number of sulfone groups is 1. The number of amides is 1. The molecule has 0 saturated carbocycles. The number of ether oxygens (including phenoxy) is 1. The lowest BCUT2D eigenvalue weighted by Crippen LogP contribution is -2.15. The fourth-order valence-corrected chi connectivity index (χ4v) is 5.35. The molecule has 4 aromatic rings. The minimum atomic E-state index is -4.07. The third-order valence-electron chi connectivity index (χ3n) is 5.62. The molecule has 11 nitrogen and oxygen atoms in total. The lowest BCUT2D eigenvalue weighted by molar-refractivity contribution is -0.137. The van der Waals surface area contributed by atoms with Gasteiger partial charge in [-0.2, -0.15) is 0 Å². The van der Waals surface area contributed by atoms with Crippen LogP contribution in [0, 0.1) is 0 Å². The summed E-state index contributed by atoms with van der Waals surface area (Å²) in [5.41, 5.74) is 0.750. The van der Waals surface area contributed by atoms with Crippen LogP contribution in [-0.4, -0.2) is 52.6 Å². The van der Waals surface area contributed by atoms with Crippen LogP contribution >= 0.6 is 0 Å². The second kappa shape index (κ2) is 12.1. The molecule has 0 radical (unpaired) electrons. The molecular weight excluding hydrogens is 510 g/mol. The van der Waals surface area contributed by atoms with Gasteiger partial charge in [0.2, 0.25) is 9.84 Å². The first kappa shape index (κ1) is 26.5. The zero-order valence-corrected chi connectivity index (χ0v) is 21.0. The molecule has 196 valence electrons. The van der Waals surface area contributed by atoms with E-state index in [0.29, 0.717) is 29.9 Å². The molecule has 0 atom stereocenters. The molecule has 1 aromatic heterocycles. The first-order valence-corrected chi connectivity index (χ1v) is 13.3. The number of nitrogens with zero attached hydrogens (tertiary/aromatic N) is 3. The normalized spacial score (nSPS) is 11.2. The minimum Gasteiger partial charge on any atom is -0.494 e. The van der Waals surface area contributed by atoms with E-state index >= 15 is 0 Å². The Hall–Kier alpha value is -4.58. The van der Waals surface area contributed by atoms with Crippen molar-refractivity contribution < 1.29 is 27.9 Å². The number of nitrogens with one attached hydrogen (secondary N) is 2. The lowest BCUT2D eigenvalue weighted by atomic mass is 10.2. The maximum atomic E-state index is 13.7. The van der Waals surface area contributed by atoms with E-state index in [1.807, 2.05) is 0 Å². The van der Waals surface area contributed by atoms with Crippen LogP contribution in [0.1, 0.15) is 36.0 Å². The van der Waals surface area contributed by atoms with Gasteiger partial charge in [-0.3, -0.25) is 9.59 Å². The summed E-state index contributed by atoms with van der Waals surface area (Å²) in [7, 11) is -4.07. The fourth-order valence-electron chi connectivity index (χ4n) is 3.73. The summed E-state index contributed by atoms with van der Waals surface area (Å²) in [6.07, 6.45) is 2.20. The molecule has 4 rings (SSSR count). The fraction of sp³-hybridized carbons (Fsp3) is 0.192. The number of carbonyl (C=O) groups excluding carboxylic acids is 1. The topological polar surface area (TPSA) is 164 Å². The van der Waals surface area contributed by atoms with E-state index < -0.39 is 21.7 Å². The van der Waals surface area contributed by atoms with Crippen molar-refractivity contribution in [3.05, 3.63) is 78.4 Å². The minimum absolute atomic E-state index is 0.00953. The predicted molar refractivity (Wildman–Crippen MR) is 138 cm³/mol. The van der Waals surface area contributed by atoms with E-state index in [0.717, 1.165) is 12.8 Å². The predicted octanol–water partition coefficient (Wildman–Crippen LogP) is 3.98. The van der Waals surface area contributed by atoms with Gasteiger partial charge in [0.25, 0.3) is 5.91 Å². The van der Waals surface area contributed by atoms with Gasteiger partial charge in [0.15, 0.2) is 5.82 Å². The Kier molecular flexibility index (Phi) is 8.44. The van der Waals surface area contributed by atoms with E-state index in [2.05, 4.69) is 25.9 Å². The number of carboxylic acids is 1. The van der Waals surface area contributed by atoms with Crippen molar-refractivity contribution in [2.45, 2.75) is 35.5 Å². The van der Waals surface area contributed by atoms with Crippen LogP contribution in [0.25, 0.3) is 11.4 Å². The van der Waals surface area contributed by atoms with Gasteiger partial charge in [-0.25, -0.2) is 13.5 Å². The summed E-state index contributed by atoms with van der Waals surface area (Å²) in [6.45, 7) is 0.433. The van der Waals surface area contributed by atoms with Crippen LogP contribution in [-0.2, 0) is 14.6 Å². The van der Waals surface area contributed by atoms with Crippen molar-refractivity contribution in [2.24, 2.45) is 0 Å². The highest BCUT2D eigenvalue weighted by molar-refractivity contribution is 7.91. The molecule has 0 aliphatic heterocycles. The standard InChI is InChI=1S/C26H25N5O6S/c32-24(33)12-2-1-7-17-37-19-15-13-18(14-16-19)26(34)27-21-9-4-6-11-23(21)38(35,36)22-10-5-3-8-20(22)25-28-30-31-29-25/h3-6,8-11,13-16H,1-2,7,12,17H2,(H,27,34)(H,32,33)(H,28,29,30,31). The maximum Gasteiger partial charge on any atom is 0.303 e. The van der Waals surface area contributed by atoms with E-state index in [1.165, 1.54) is 18.2 Å². The molecular formula is C26H25N5O6S. The number of carboxylic acid groups (broad SMARTS) is 1. The molecule has 38 heavy (non-hydrogen) atoms. The van der Waals surface area contributed by atoms with Gasteiger partial charge in [-0.05, 0) is 78.2 Å². The number of hydrogen-bond donors (Lipinski definition) is 3. The Balaban J connectivity index is 1.46. The highest BCUT2D eigenvalue weighted by Crippen LogP contribution is 2.33. The van der Waals surface area contributed by atoms with Gasteiger partial charge in [0.05, 0.1) is 22.1 Å². The third kappa shape index (κ3) is 6.40. The number of hydrogen-bond acceptors (Lipinski definition) is 8. The molecule has 0 aliphatic carbocycles. The van der Waals surface area contributed by atoms with Crippen molar-refractivity contribution in [2.75, 3.05) is 11.9 Å². The number of anilines is 1. The number of unbranched alkanes of at least 4 members (excludes halogenated alkanes) is 2. The number of benzene rings is 3. The van der Waals surface area contributed by atoms with Crippen molar-refractivity contribution >= 4 is 27.4 Å². The maximum absolute atomic E-state index is 13.7. The van der Waals surface area contributed by atoms with Gasteiger partial charge in [0, 0.05) is 17.5 Å². The van der Waals surface area contributed by atoms with E-state index in [1.54, 1.807) is 54.6 Å². The number of aliphatic carboxylic acids is 1. The second-order valence-electron chi connectivity index (χ2n) is 8.28.